The highest BCUT2D eigenvalue weighted by Gasteiger charge is 2.21. The summed E-state index contributed by atoms with van der Waals surface area (Å²) in [7, 11) is 0. The first-order valence-electron chi connectivity index (χ1n) is 8.43. The van der Waals surface area contributed by atoms with Gasteiger partial charge in [-0.2, -0.15) is 0 Å². The molecular formula is C18H25NO5S. The molecule has 1 aliphatic rings. The van der Waals surface area contributed by atoms with Crippen molar-refractivity contribution in [1.29, 1.82) is 0 Å². The van der Waals surface area contributed by atoms with Crippen molar-refractivity contribution in [2.75, 3.05) is 31.3 Å². The minimum absolute atomic E-state index is 0.108. The van der Waals surface area contributed by atoms with Crippen LogP contribution >= 0.6 is 11.8 Å². The molecule has 0 saturated carbocycles. The quantitative estimate of drug-likeness (QED) is 0.712. The molecule has 1 heterocycles. The van der Waals surface area contributed by atoms with E-state index in [1.54, 1.807) is 6.92 Å². The maximum atomic E-state index is 12.2. The molecule has 0 bridgehead atoms. The highest BCUT2D eigenvalue weighted by atomic mass is 32.2. The van der Waals surface area contributed by atoms with Crippen LogP contribution in [-0.2, 0) is 14.3 Å². The zero-order valence-electron chi connectivity index (χ0n) is 14.9. The monoisotopic (exact) mass is 367 g/mol. The summed E-state index contributed by atoms with van der Waals surface area (Å²) in [5, 5.41) is 3.04. The van der Waals surface area contributed by atoms with E-state index < -0.39 is 0 Å². The molecule has 138 valence electrons. The second kappa shape index (κ2) is 9.56. The van der Waals surface area contributed by atoms with E-state index in [0.717, 1.165) is 11.3 Å². The molecule has 6 nitrogen and oxygen atoms in total. The Morgan fingerprint density at radius 2 is 1.92 bits per heavy atom. The molecule has 0 fully saturated rings. The summed E-state index contributed by atoms with van der Waals surface area (Å²) in [6.45, 7) is 7.29. The molecule has 1 aromatic carbocycles. The van der Waals surface area contributed by atoms with Crippen molar-refractivity contribution in [3.63, 3.8) is 0 Å². The van der Waals surface area contributed by atoms with E-state index in [1.807, 2.05) is 32.0 Å². The summed E-state index contributed by atoms with van der Waals surface area (Å²) in [6.07, 6.45) is 0. The van der Waals surface area contributed by atoms with Crippen LogP contribution in [0.5, 0.6) is 11.5 Å². The largest absolute Gasteiger partial charge is 0.486 e. The normalized spacial score (nSPS) is 14.1. The Bertz CT molecular complexity index is 605. The van der Waals surface area contributed by atoms with Crippen LogP contribution in [0.2, 0.25) is 0 Å². The van der Waals surface area contributed by atoms with Crippen molar-refractivity contribution >= 4 is 23.6 Å². The summed E-state index contributed by atoms with van der Waals surface area (Å²) in [6, 6.07) is 5.61. The van der Waals surface area contributed by atoms with Crippen molar-refractivity contribution in [2.24, 2.45) is 5.92 Å². The molecule has 1 aliphatic heterocycles. The lowest BCUT2D eigenvalue weighted by molar-refractivity contribution is -0.139. The molecule has 2 rings (SSSR count). The van der Waals surface area contributed by atoms with Crippen LogP contribution in [0.1, 0.15) is 32.4 Å². The average molecular weight is 367 g/mol. The van der Waals surface area contributed by atoms with E-state index in [4.69, 9.17) is 14.2 Å². The van der Waals surface area contributed by atoms with Crippen LogP contribution in [0.15, 0.2) is 18.2 Å². The van der Waals surface area contributed by atoms with E-state index >= 15 is 0 Å². The Hall–Kier alpha value is -1.89. The second-order valence-corrected chi connectivity index (χ2v) is 6.98. The van der Waals surface area contributed by atoms with E-state index in [0.29, 0.717) is 25.6 Å². The fourth-order valence-electron chi connectivity index (χ4n) is 2.53. The average Bonchev–Trinajstić information content (AvgIpc) is 2.59. The number of hydrogen-bond acceptors (Lipinski definition) is 6. The number of hydrogen-bond donors (Lipinski definition) is 1. The summed E-state index contributed by atoms with van der Waals surface area (Å²) >= 11 is 1.25. The number of esters is 1. The fourth-order valence-corrected chi connectivity index (χ4v) is 3.15. The standard InChI is InChI=1S/C18H25NO5S/c1-4-22-17(21)11-25-10-16(20)19-18(12(2)3)13-5-6-14-15(9-13)24-8-7-23-14/h5-6,9,12,18H,4,7-8,10-11H2,1-3H3,(H,19,20)/t18-/m0/s1. The van der Waals surface area contributed by atoms with Crippen molar-refractivity contribution in [3.8, 4) is 11.5 Å². The number of rotatable bonds is 8. The van der Waals surface area contributed by atoms with Gasteiger partial charge >= 0.3 is 5.97 Å². The summed E-state index contributed by atoms with van der Waals surface area (Å²) in [5.74, 6) is 1.63. The third kappa shape index (κ3) is 5.85. The van der Waals surface area contributed by atoms with Gasteiger partial charge in [0.1, 0.15) is 13.2 Å². The summed E-state index contributed by atoms with van der Waals surface area (Å²) in [4.78, 5) is 23.5. The minimum atomic E-state index is -0.299. The lowest BCUT2D eigenvalue weighted by Crippen LogP contribution is -2.33. The SMILES string of the molecule is CCOC(=O)CSCC(=O)N[C@H](c1ccc2c(c1)OCCO2)C(C)C. The molecule has 0 radical (unpaired) electrons. The van der Waals surface area contributed by atoms with Crippen molar-refractivity contribution in [2.45, 2.75) is 26.8 Å². The van der Waals surface area contributed by atoms with Crippen LogP contribution < -0.4 is 14.8 Å². The number of carbonyl (C=O) groups is 2. The number of nitrogens with one attached hydrogen (secondary N) is 1. The lowest BCUT2D eigenvalue weighted by atomic mass is 9.95. The van der Waals surface area contributed by atoms with E-state index in [1.165, 1.54) is 11.8 Å². The third-order valence-electron chi connectivity index (χ3n) is 3.67. The highest BCUT2D eigenvalue weighted by Crippen LogP contribution is 2.34. The Labute approximate surface area is 152 Å². The fraction of sp³-hybridized carbons (Fsp3) is 0.556. The van der Waals surface area contributed by atoms with Gasteiger partial charge in [-0.05, 0) is 30.5 Å². The number of ether oxygens (including phenoxy) is 3. The maximum Gasteiger partial charge on any atom is 0.315 e. The Morgan fingerprint density at radius 3 is 2.60 bits per heavy atom. The van der Waals surface area contributed by atoms with Crippen molar-refractivity contribution in [3.05, 3.63) is 23.8 Å². The second-order valence-electron chi connectivity index (χ2n) is 5.99. The Kier molecular flexibility index (Phi) is 7.43. The minimum Gasteiger partial charge on any atom is -0.486 e. The first-order valence-corrected chi connectivity index (χ1v) is 9.59. The summed E-state index contributed by atoms with van der Waals surface area (Å²) in [5.41, 5.74) is 0.975. The van der Waals surface area contributed by atoms with Crippen molar-refractivity contribution < 1.29 is 23.8 Å². The topological polar surface area (TPSA) is 73.9 Å². The van der Waals surface area contributed by atoms with Crippen LogP contribution in [0.4, 0.5) is 0 Å². The van der Waals surface area contributed by atoms with Gasteiger partial charge in [0.05, 0.1) is 24.2 Å². The Morgan fingerprint density at radius 1 is 1.20 bits per heavy atom. The summed E-state index contributed by atoms with van der Waals surface area (Å²) < 4.78 is 16.0. The third-order valence-corrected chi connectivity index (χ3v) is 4.57. The van der Waals surface area contributed by atoms with Gasteiger partial charge in [-0.1, -0.05) is 19.9 Å². The van der Waals surface area contributed by atoms with Crippen LogP contribution in [0, 0.1) is 5.92 Å². The van der Waals surface area contributed by atoms with E-state index in [2.05, 4.69) is 5.32 Å². The molecule has 1 atom stereocenters. The molecule has 1 amide bonds. The number of fused-ring (bicyclic) bond motifs is 1. The molecule has 1 N–H and O–H groups in total. The molecular weight excluding hydrogens is 342 g/mol. The van der Waals surface area contributed by atoms with Crippen LogP contribution in [-0.4, -0.2) is 43.2 Å². The van der Waals surface area contributed by atoms with Crippen molar-refractivity contribution in [1.82, 2.24) is 5.32 Å². The highest BCUT2D eigenvalue weighted by molar-refractivity contribution is 8.00. The molecule has 1 aromatic rings. The number of thioether (sulfide) groups is 1. The predicted octanol–water partition coefficient (Wildman–Crippen LogP) is 2.57. The van der Waals surface area contributed by atoms with Gasteiger partial charge < -0.3 is 19.5 Å². The van der Waals surface area contributed by atoms with Gasteiger partial charge in [-0.15, -0.1) is 11.8 Å². The van der Waals surface area contributed by atoms with Gasteiger partial charge in [0, 0.05) is 0 Å². The smallest absolute Gasteiger partial charge is 0.315 e. The van der Waals surface area contributed by atoms with Gasteiger partial charge in [0.25, 0.3) is 0 Å². The molecule has 25 heavy (non-hydrogen) atoms. The van der Waals surface area contributed by atoms with Crippen LogP contribution in [0.25, 0.3) is 0 Å². The lowest BCUT2D eigenvalue weighted by Gasteiger charge is -2.25. The molecule has 0 spiro atoms. The van der Waals surface area contributed by atoms with Gasteiger partial charge in [-0.25, -0.2) is 0 Å². The zero-order valence-corrected chi connectivity index (χ0v) is 15.7. The van der Waals surface area contributed by atoms with Gasteiger partial charge in [0.2, 0.25) is 5.91 Å². The number of carbonyl (C=O) groups excluding carboxylic acids is 2. The first-order chi connectivity index (χ1) is 12.0. The molecule has 0 aromatic heterocycles. The van der Waals surface area contributed by atoms with E-state index in [-0.39, 0.29) is 35.3 Å². The zero-order chi connectivity index (χ0) is 18.2. The van der Waals surface area contributed by atoms with Gasteiger partial charge in [-0.3, -0.25) is 9.59 Å². The number of amides is 1. The molecule has 0 unspecified atom stereocenters. The Balaban J connectivity index is 1.94. The molecule has 0 saturated heterocycles. The molecule has 0 aliphatic carbocycles. The number of benzene rings is 1. The predicted molar refractivity (Wildman–Crippen MR) is 97.1 cm³/mol. The van der Waals surface area contributed by atoms with Gasteiger partial charge in [0.15, 0.2) is 11.5 Å². The van der Waals surface area contributed by atoms with Crippen LogP contribution in [0.3, 0.4) is 0 Å². The molecule has 7 heteroatoms. The van der Waals surface area contributed by atoms with E-state index in [9.17, 15) is 9.59 Å². The first kappa shape index (κ1) is 19.4. The maximum absolute atomic E-state index is 12.2.